The third kappa shape index (κ3) is 3.85. The lowest BCUT2D eigenvalue weighted by Crippen LogP contribution is -2.13. The van der Waals surface area contributed by atoms with Crippen LogP contribution in [-0.4, -0.2) is 32.1 Å². The lowest BCUT2D eigenvalue weighted by atomic mass is 9.88. The Morgan fingerprint density at radius 1 is 1.03 bits per heavy atom. The van der Waals surface area contributed by atoms with Gasteiger partial charge in [-0.25, -0.2) is 21.8 Å². The van der Waals surface area contributed by atoms with E-state index >= 15 is 0 Å². The standard InChI is InChI=1S/C28H26FN5O2S/c1-17-5-8-20(9-6-17)37(35,36)34-12-11-21-22(13-18(2)31-27(21)34)25-24-14-28(3,4)16-33(24)32-26(25)23-10-7-19(29)15-30-23/h5-13,15H,14,16H2,1-4H3. The average Bonchev–Trinajstić information content (AvgIpc) is 3.49. The second-order valence-corrected chi connectivity index (χ2v) is 12.3. The smallest absolute Gasteiger partial charge is 0.268 e. The highest BCUT2D eigenvalue weighted by Crippen LogP contribution is 2.44. The molecule has 0 fully saturated rings. The zero-order valence-corrected chi connectivity index (χ0v) is 21.8. The molecule has 9 heteroatoms. The van der Waals surface area contributed by atoms with Crippen LogP contribution in [0.15, 0.2) is 65.8 Å². The Kier molecular flexibility index (Phi) is 5.14. The van der Waals surface area contributed by atoms with Crippen LogP contribution < -0.4 is 0 Å². The molecule has 4 aromatic heterocycles. The topological polar surface area (TPSA) is 82.7 Å². The second-order valence-electron chi connectivity index (χ2n) is 10.5. The molecule has 0 amide bonds. The van der Waals surface area contributed by atoms with Crippen molar-refractivity contribution in [3.63, 3.8) is 0 Å². The predicted molar refractivity (Wildman–Crippen MR) is 140 cm³/mol. The first-order valence-corrected chi connectivity index (χ1v) is 13.5. The van der Waals surface area contributed by atoms with E-state index in [9.17, 15) is 12.8 Å². The third-order valence-corrected chi connectivity index (χ3v) is 8.53. The van der Waals surface area contributed by atoms with Crippen molar-refractivity contribution in [2.45, 2.75) is 45.6 Å². The Morgan fingerprint density at radius 3 is 2.49 bits per heavy atom. The Hall–Kier alpha value is -3.85. The van der Waals surface area contributed by atoms with Gasteiger partial charge in [0.05, 0.1) is 16.8 Å². The highest BCUT2D eigenvalue weighted by molar-refractivity contribution is 7.90. The summed E-state index contributed by atoms with van der Waals surface area (Å²) in [6.07, 6.45) is 3.53. The molecule has 0 saturated carbocycles. The SMILES string of the molecule is Cc1ccc(S(=O)(=O)n2ccc3c(-c4c(-c5ccc(F)cn5)nn5c4CC(C)(C)C5)cc(C)nc32)cc1. The number of aryl methyl sites for hydroxylation is 2. The molecule has 0 aliphatic carbocycles. The van der Waals surface area contributed by atoms with Gasteiger partial charge in [-0.2, -0.15) is 5.10 Å². The van der Waals surface area contributed by atoms with Crippen LogP contribution in [0.3, 0.4) is 0 Å². The van der Waals surface area contributed by atoms with Crippen LogP contribution in [0.1, 0.15) is 30.8 Å². The molecule has 188 valence electrons. The van der Waals surface area contributed by atoms with E-state index in [0.717, 1.165) is 35.3 Å². The molecule has 0 saturated heterocycles. The van der Waals surface area contributed by atoms with Crippen molar-refractivity contribution < 1.29 is 12.8 Å². The number of rotatable bonds is 4. The predicted octanol–water partition coefficient (Wildman–Crippen LogP) is 5.54. The summed E-state index contributed by atoms with van der Waals surface area (Å²) in [7, 11) is -3.86. The number of hydrogen-bond acceptors (Lipinski definition) is 5. The summed E-state index contributed by atoms with van der Waals surface area (Å²) < 4.78 is 44.1. The molecule has 37 heavy (non-hydrogen) atoms. The van der Waals surface area contributed by atoms with Gasteiger partial charge in [0, 0.05) is 35.1 Å². The summed E-state index contributed by atoms with van der Waals surface area (Å²) in [4.78, 5) is 9.15. The summed E-state index contributed by atoms with van der Waals surface area (Å²) >= 11 is 0. The third-order valence-electron chi connectivity index (χ3n) is 6.85. The fourth-order valence-electron chi connectivity index (χ4n) is 5.14. The molecule has 0 atom stereocenters. The number of aromatic nitrogens is 5. The van der Waals surface area contributed by atoms with Crippen molar-refractivity contribution in [3.8, 4) is 22.5 Å². The van der Waals surface area contributed by atoms with E-state index in [2.05, 4.69) is 23.8 Å². The molecule has 0 bridgehead atoms. The number of hydrogen-bond donors (Lipinski definition) is 0. The normalized spacial score (nSPS) is 14.8. The molecular formula is C28H26FN5O2S. The van der Waals surface area contributed by atoms with E-state index in [-0.39, 0.29) is 10.3 Å². The molecule has 7 nitrogen and oxygen atoms in total. The van der Waals surface area contributed by atoms with Gasteiger partial charge in [0.2, 0.25) is 0 Å². The second kappa shape index (κ2) is 8.08. The van der Waals surface area contributed by atoms with Gasteiger partial charge in [-0.15, -0.1) is 0 Å². The minimum atomic E-state index is -3.86. The van der Waals surface area contributed by atoms with Crippen LogP contribution in [0.4, 0.5) is 4.39 Å². The summed E-state index contributed by atoms with van der Waals surface area (Å²) in [6.45, 7) is 8.89. The molecular weight excluding hydrogens is 489 g/mol. The van der Waals surface area contributed by atoms with Crippen molar-refractivity contribution in [3.05, 3.63) is 83.7 Å². The number of nitrogens with zero attached hydrogens (tertiary/aromatic N) is 5. The molecule has 0 unspecified atom stereocenters. The Labute approximate surface area is 214 Å². The van der Waals surface area contributed by atoms with Crippen LogP contribution in [-0.2, 0) is 23.0 Å². The molecule has 0 spiro atoms. The summed E-state index contributed by atoms with van der Waals surface area (Å²) in [5, 5.41) is 5.60. The van der Waals surface area contributed by atoms with Gasteiger partial charge in [0.25, 0.3) is 10.0 Å². The maximum Gasteiger partial charge on any atom is 0.269 e. The van der Waals surface area contributed by atoms with Crippen LogP contribution in [0.2, 0.25) is 0 Å². The van der Waals surface area contributed by atoms with E-state index in [1.54, 1.807) is 42.6 Å². The zero-order valence-electron chi connectivity index (χ0n) is 21.0. The maximum absolute atomic E-state index is 13.7. The van der Waals surface area contributed by atoms with Crippen LogP contribution in [0, 0.1) is 25.1 Å². The molecule has 6 rings (SSSR count). The zero-order chi connectivity index (χ0) is 26.1. The van der Waals surface area contributed by atoms with Crippen LogP contribution >= 0.6 is 0 Å². The van der Waals surface area contributed by atoms with Gasteiger partial charge in [-0.1, -0.05) is 31.5 Å². The van der Waals surface area contributed by atoms with Crippen LogP contribution in [0.5, 0.6) is 0 Å². The summed E-state index contributed by atoms with van der Waals surface area (Å²) in [5.74, 6) is -0.418. The Morgan fingerprint density at radius 2 is 1.78 bits per heavy atom. The molecule has 5 aromatic rings. The van der Waals surface area contributed by atoms with Crippen molar-refractivity contribution in [1.29, 1.82) is 0 Å². The van der Waals surface area contributed by atoms with Crippen molar-refractivity contribution in [2.75, 3.05) is 0 Å². The first-order chi connectivity index (χ1) is 17.5. The van der Waals surface area contributed by atoms with Gasteiger partial charge in [0.1, 0.15) is 11.5 Å². The minimum absolute atomic E-state index is 0.0216. The fourth-order valence-corrected chi connectivity index (χ4v) is 6.43. The molecule has 1 aliphatic heterocycles. The lowest BCUT2D eigenvalue weighted by molar-refractivity contribution is 0.347. The number of pyridine rings is 2. The summed E-state index contributed by atoms with van der Waals surface area (Å²) in [5.41, 5.74) is 6.00. The molecule has 1 aromatic carbocycles. The Bertz CT molecular complexity index is 1780. The fraction of sp³-hybridized carbons (Fsp3) is 0.250. The summed E-state index contributed by atoms with van der Waals surface area (Å²) in [6, 6.07) is 13.5. The minimum Gasteiger partial charge on any atom is -0.268 e. The monoisotopic (exact) mass is 515 g/mol. The van der Waals surface area contributed by atoms with E-state index < -0.39 is 15.8 Å². The molecule has 5 heterocycles. The van der Waals surface area contributed by atoms with E-state index in [1.165, 1.54) is 16.2 Å². The van der Waals surface area contributed by atoms with E-state index in [0.29, 0.717) is 28.1 Å². The maximum atomic E-state index is 13.7. The molecule has 0 N–H and O–H groups in total. The highest BCUT2D eigenvalue weighted by Gasteiger charge is 2.35. The first kappa shape index (κ1) is 23.5. The quantitative estimate of drug-likeness (QED) is 0.314. The molecule has 0 radical (unpaired) electrons. The van der Waals surface area contributed by atoms with Gasteiger partial charge in [-0.3, -0.25) is 9.67 Å². The van der Waals surface area contributed by atoms with E-state index in [4.69, 9.17) is 5.10 Å². The lowest BCUT2D eigenvalue weighted by Gasteiger charge is -2.16. The van der Waals surface area contributed by atoms with Crippen LogP contribution in [0.25, 0.3) is 33.5 Å². The number of fused-ring (bicyclic) bond motifs is 2. The largest absolute Gasteiger partial charge is 0.269 e. The van der Waals surface area contributed by atoms with Gasteiger partial charge >= 0.3 is 0 Å². The van der Waals surface area contributed by atoms with Gasteiger partial charge in [0.15, 0.2) is 5.65 Å². The van der Waals surface area contributed by atoms with Gasteiger partial charge in [-0.05, 0) is 67.6 Å². The average molecular weight is 516 g/mol. The molecule has 1 aliphatic rings. The van der Waals surface area contributed by atoms with E-state index in [1.807, 2.05) is 24.6 Å². The first-order valence-electron chi connectivity index (χ1n) is 12.1. The van der Waals surface area contributed by atoms with Crippen molar-refractivity contribution in [2.24, 2.45) is 5.41 Å². The Balaban J connectivity index is 1.61. The van der Waals surface area contributed by atoms with Gasteiger partial charge < -0.3 is 0 Å². The number of halogens is 1. The number of benzene rings is 1. The van der Waals surface area contributed by atoms with Crippen molar-refractivity contribution >= 4 is 21.1 Å². The van der Waals surface area contributed by atoms with Crippen molar-refractivity contribution in [1.82, 2.24) is 23.7 Å². The highest BCUT2D eigenvalue weighted by atomic mass is 32.2.